The van der Waals surface area contributed by atoms with Crippen LogP contribution in [-0.2, 0) is 16.1 Å². The lowest BCUT2D eigenvalue weighted by Gasteiger charge is -2.25. The van der Waals surface area contributed by atoms with Crippen molar-refractivity contribution >= 4 is 46.6 Å². The number of rotatable bonds is 8. The standard InChI is InChI=1S/C33H30Cl2N2O4S/c1-5-40-32(39)29-20(4)36-33-37(30(29)23-11-9-22(10-12-23)19(2)3)31(38)28(42-33)16-21-7-6-8-26(15-21)41-18-24-13-14-25(34)17-27(24)35/h6-17,19,30H,5,18H2,1-4H3/b28-16-/t30-/m1/s1. The van der Waals surface area contributed by atoms with Gasteiger partial charge in [-0.15, -0.1) is 0 Å². The summed E-state index contributed by atoms with van der Waals surface area (Å²) in [6.45, 7) is 8.29. The van der Waals surface area contributed by atoms with Crippen LogP contribution in [0, 0.1) is 0 Å². The molecule has 0 aliphatic carbocycles. The average Bonchev–Trinajstić information content (AvgIpc) is 3.26. The van der Waals surface area contributed by atoms with Crippen molar-refractivity contribution in [1.29, 1.82) is 0 Å². The quantitative estimate of drug-likeness (QED) is 0.203. The van der Waals surface area contributed by atoms with Gasteiger partial charge in [0.25, 0.3) is 5.56 Å². The van der Waals surface area contributed by atoms with E-state index in [0.29, 0.717) is 42.3 Å². The third kappa shape index (κ3) is 6.24. The van der Waals surface area contributed by atoms with Gasteiger partial charge in [-0.3, -0.25) is 9.36 Å². The summed E-state index contributed by atoms with van der Waals surface area (Å²) < 4.78 is 13.5. The van der Waals surface area contributed by atoms with Gasteiger partial charge in [-0.25, -0.2) is 9.79 Å². The van der Waals surface area contributed by atoms with Crippen molar-refractivity contribution in [3.8, 4) is 5.75 Å². The Morgan fingerprint density at radius 2 is 1.86 bits per heavy atom. The number of hydrogen-bond donors (Lipinski definition) is 0. The number of nitrogens with zero attached hydrogens (tertiary/aromatic N) is 2. The Labute approximate surface area is 258 Å². The van der Waals surface area contributed by atoms with E-state index in [-0.39, 0.29) is 18.8 Å². The maximum atomic E-state index is 13.9. The van der Waals surface area contributed by atoms with Crippen molar-refractivity contribution < 1.29 is 14.3 Å². The van der Waals surface area contributed by atoms with Gasteiger partial charge in [0.15, 0.2) is 4.80 Å². The van der Waals surface area contributed by atoms with Crippen LogP contribution in [0.4, 0.5) is 0 Å². The molecule has 0 saturated carbocycles. The second-order valence-electron chi connectivity index (χ2n) is 10.2. The molecule has 0 saturated heterocycles. The molecule has 4 aromatic rings. The van der Waals surface area contributed by atoms with Gasteiger partial charge in [0, 0.05) is 15.6 Å². The van der Waals surface area contributed by atoms with Crippen molar-refractivity contribution in [1.82, 2.24) is 4.57 Å². The Morgan fingerprint density at radius 1 is 1.10 bits per heavy atom. The van der Waals surface area contributed by atoms with Gasteiger partial charge in [0.05, 0.1) is 28.5 Å². The van der Waals surface area contributed by atoms with Gasteiger partial charge in [0.1, 0.15) is 12.4 Å². The smallest absolute Gasteiger partial charge is 0.338 e. The van der Waals surface area contributed by atoms with E-state index < -0.39 is 12.0 Å². The molecule has 2 heterocycles. The predicted molar refractivity (Wildman–Crippen MR) is 168 cm³/mol. The molecule has 1 atom stereocenters. The van der Waals surface area contributed by atoms with Gasteiger partial charge in [-0.2, -0.15) is 0 Å². The zero-order chi connectivity index (χ0) is 30.0. The van der Waals surface area contributed by atoms with Crippen molar-refractivity contribution in [3.63, 3.8) is 0 Å². The summed E-state index contributed by atoms with van der Waals surface area (Å²) >= 11 is 13.6. The van der Waals surface area contributed by atoms with Crippen molar-refractivity contribution in [2.45, 2.75) is 46.3 Å². The maximum absolute atomic E-state index is 13.9. The lowest BCUT2D eigenvalue weighted by molar-refractivity contribution is -0.139. The zero-order valence-electron chi connectivity index (χ0n) is 23.7. The number of carbonyl (C=O) groups is 1. The maximum Gasteiger partial charge on any atom is 0.338 e. The molecule has 0 bridgehead atoms. The second-order valence-corrected chi connectivity index (χ2v) is 12.1. The van der Waals surface area contributed by atoms with Crippen LogP contribution in [0.5, 0.6) is 5.75 Å². The molecule has 216 valence electrons. The molecule has 1 aromatic heterocycles. The Morgan fingerprint density at radius 3 is 2.55 bits per heavy atom. The van der Waals surface area contributed by atoms with Gasteiger partial charge < -0.3 is 9.47 Å². The number of thiazole rings is 1. The molecule has 6 nitrogen and oxygen atoms in total. The zero-order valence-corrected chi connectivity index (χ0v) is 26.0. The van der Waals surface area contributed by atoms with Crippen LogP contribution >= 0.6 is 34.5 Å². The number of carbonyl (C=O) groups excluding carboxylic acids is 1. The van der Waals surface area contributed by atoms with E-state index in [1.165, 1.54) is 16.9 Å². The number of hydrogen-bond acceptors (Lipinski definition) is 6. The first-order valence-electron chi connectivity index (χ1n) is 13.6. The van der Waals surface area contributed by atoms with E-state index in [1.807, 2.05) is 60.7 Å². The molecule has 0 N–H and O–H groups in total. The highest BCUT2D eigenvalue weighted by Gasteiger charge is 2.33. The SMILES string of the molecule is CCOC(=O)C1=C(C)N=c2s/c(=C\c3cccc(OCc4ccc(Cl)cc4Cl)c3)c(=O)n2[C@@H]1c1ccc(C(C)C)cc1. The number of benzene rings is 3. The van der Waals surface area contributed by atoms with Gasteiger partial charge in [0.2, 0.25) is 0 Å². The summed E-state index contributed by atoms with van der Waals surface area (Å²) in [5, 5.41) is 1.09. The lowest BCUT2D eigenvalue weighted by Crippen LogP contribution is -2.39. The summed E-state index contributed by atoms with van der Waals surface area (Å²) in [7, 11) is 0. The molecule has 0 radical (unpaired) electrons. The first-order valence-corrected chi connectivity index (χ1v) is 15.2. The summed E-state index contributed by atoms with van der Waals surface area (Å²) in [4.78, 5) is 32.2. The van der Waals surface area contributed by atoms with E-state index in [9.17, 15) is 9.59 Å². The highest BCUT2D eigenvalue weighted by molar-refractivity contribution is 7.07. The number of allylic oxidation sites excluding steroid dienone is 1. The van der Waals surface area contributed by atoms with Crippen LogP contribution in [0.3, 0.4) is 0 Å². The minimum absolute atomic E-state index is 0.224. The van der Waals surface area contributed by atoms with Gasteiger partial charge in [-0.1, -0.05) is 90.9 Å². The van der Waals surface area contributed by atoms with E-state index in [1.54, 1.807) is 30.5 Å². The fourth-order valence-electron chi connectivity index (χ4n) is 4.82. The molecule has 3 aromatic carbocycles. The van der Waals surface area contributed by atoms with Crippen molar-refractivity contribution in [2.24, 2.45) is 4.99 Å². The Hall–Kier alpha value is -3.65. The van der Waals surface area contributed by atoms with E-state index in [0.717, 1.165) is 16.7 Å². The topological polar surface area (TPSA) is 69.9 Å². The Balaban J connectivity index is 1.53. The van der Waals surface area contributed by atoms with Crippen molar-refractivity contribution in [2.75, 3.05) is 6.61 Å². The fourth-order valence-corrected chi connectivity index (χ4v) is 6.33. The second kappa shape index (κ2) is 12.7. The number of halogens is 2. The van der Waals surface area contributed by atoms with Gasteiger partial charge in [-0.05, 0) is 66.8 Å². The van der Waals surface area contributed by atoms with Crippen LogP contribution in [-0.4, -0.2) is 17.1 Å². The average molecular weight is 622 g/mol. The Bertz CT molecular complexity index is 1860. The molecule has 9 heteroatoms. The summed E-state index contributed by atoms with van der Waals surface area (Å²) in [6, 6.07) is 20.1. The molecule has 42 heavy (non-hydrogen) atoms. The molecular weight excluding hydrogens is 591 g/mol. The monoisotopic (exact) mass is 620 g/mol. The summed E-state index contributed by atoms with van der Waals surface area (Å²) in [5.74, 6) is 0.508. The third-order valence-corrected chi connectivity index (χ3v) is 8.57. The highest BCUT2D eigenvalue weighted by Crippen LogP contribution is 2.31. The summed E-state index contributed by atoms with van der Waals surface area (Å²) in [6.07, 6.45) is 1.81. The van der Waals surface area contributed by atoms with Crippen molar-refractivity contribution in [3.05, 3.63) is 130 Å². The minimum atomic E-state index is -0.651. The number of fused-ring (bicyclic) bond motifs is 1. The van der Waals surface area contributed by atoms with E-state index >= 15 is 0 Å². The molecule has 0 amide bonds. The third-order valence-electron chi connectivity index (χ3n) is 7.00. The molecule has 0 spiro atoms. The highest BCUT2D eigenvalue weighted by atomic mass is 35.5. The molecule has 0 unspecified atom stereocenters. The van der Waals surface area contributed by atoms with Crippen LogP contribution in [0.1, 0.15) is 61.9 Å². The summed E-state index contributed by atoms with van der Waals surface area (Å²) in [5.41, 5.74) is 4.27. The predicted octanol–water partition coefficient (Wildman–Crippen LogP) is 6.81. The van der Waals surface area contributed by atoms with Gasteiger partial charge >= 0.3 is 5.97 Å². The first-order chi connectivity index (χ1) is 20.2. The van der Waals surface area contributed by atoms with E-state index in [2.05, 4.69) is 18.8 Å². The molecule has 5 rings (SSSR count). The Kier molecular flexibility index (Phi) is 9.02. The van der Waals surface area contributed by atoms with Crippen LogP contribution in [0.15, 0.2) is 87.8 Å². The number of aromatic nitrogens is 1. The first kappa shape index (κ1) is 29.8. The lowest BCUT2D eigenvalue weighted by atomic mass is 9.93. The molecule has 1 aliphatic rings. The van der Waals surface area contributed by atoms with Crippen LogP contribution in [0.2, 0.25) is 10.0 Å². The largest absolute Gasteiger partial charge is 0.489 e. The normalized spacial score (nSPS) is 15.0. The minimum Gasteiger partial charge on any atom is -0.489 e. The van der Waals surface area contributed by atoms with Crippen LogP contribution in [0.25, 0.3) is 6.08 Å². The fraction of sp³-hybridized carbons (Fsp3) is 0.242. The van der Waals surface area contributed by atoms with E-state index in [4.69, 9.17) is 32.7 Å². The molecular formula is C33H30Cl2N2O4S. The number of ether oxygens (including phenoxy) is 2. The number of esters is 1. The van der Waals surface area contributed by atoms with Crippen LogP contribution < -0.4 is 19.6 Å². The molecule has 0 fully saturated rings. The molecule has 1 aliphatic heterocycles.